The van der Waals surface area contributed by atoms with Crippen LogP contribution in [0.15, 0.2) is 5.16 Å². The van der Waals surface area contributed by atoms with E-state index in [9.17, 15) is 0 Å². The highest BCUT2D eigenvalue weighted by molar-refractivity contribution is 5.92. The third-order valence-corrected chi connectivity index (χ3v) is 3.91. The molecule has 68 valence electrons. The number of hydrogen-bond acceptors (Lipinski definition) is 2. The van der Waals surface area contributed by atoms with Gasteiger partial charge >= 0.3 is 0 Å². The first-order chi connectivity index (χ1) is 5.48. The summed E-state index contributed by atoms with van der Waals surface area (Å²) in [5.74, 6) is 0.744. The molecule has 2 rings (SSSR count). The quantitative estimate of drug-likeness (QED) is 0.436. The van der Waals surface area contributed by atoms with E-state index in [-0.39, 0.29) is 5.41 Å². The molecule has 0 aromatic carbocycles. The van der Waals surface area contributed by atoms with E-state index in [4.69, 9.17) is 5.21 Å². The second-order valence-electron chi connectivity index (χ2n) is 5.38. The minimum absolute atomic E-state index is 0.211. The van der Waals surface area contributed by atoms with Crippen LogP contribution in [0.5, 0.6) is 0 Å². The molecule has 0 spiro atoms. The van der Waals surface area contributed by atoms with Crippen LogP contribution in [-0.2, 0) is 0 Å². The van der Waals surface area contributed by atoms with Crippen LogP contribution in [0.3, 0.4) is 0 Å². The van der Waals surface area contributed by atoms with E-state index in [2.05, 4.69) is 25.9 Å². The molecule has 2 aliphatic rings. The Morgan fingerprint density at radius 3 is 2.42 bits per heavy atom. The summed E-state index contributed by atoms with van der Waals surface area (Å²) in [6.07, 6.45) is 3.42. The lowest BCUT2D eigenvalue weighted by Crippen LogP contribution is -2.30. The van der Waals surface area contributed by atoms with Crippen LogP contribution in [0.2, 0.25) is 0 Å². The molecule has 0 amide bonds. The average molecular weight is 167 g/mol. The molecule has 2 heteroatoms. The molecule has 2 fully saturated rings. The highest BCUT2D eigenvalue weighted by Crippen LogP contribution is 2.60. The van der Waals surface area contributed by atoms with Crippen molar-refractivity contribution in [2.75, 3.05) is 0 Å². The zero-order valence-electron chi connectivity index (χ0n) is 8.09. The molecule has 2 nitrogen and oxygen atoms in total. The fraction of sp³-hybridized carbons (Fsp3) is 0.900. The van der Waals surface area contributed by atoms with Crippen LogP contribution < -0.4 is 0 Å². The van der Waals surface area contributed by atoms with Gasteiger partial charge in [0.25, 0.3) is 0 Å². The molecule has 0 unspecified atom stereocenters. The van der Waals surface area contributed by atoms with Crippen molar-refractivity contribution in [2.45, 2.75) is 40.0 Å². The van der Waals surface area contributed by atoms with Gasteiger partial charge in [0, 0.05) is 5.41 Å². The smallest absolute Gasteiger partial charge is 0.0632 e. The first-order valence-corrected chi connectivity index (χ1v) is 4.69. The van der Waals surface area contributed by atoms with Gasteiger partial charge in [-0.25, -0.2) is 0 Å². The Hall–Kier alpha value is -0.530. The lowest BCUT2D eigenvalue weighted by Gasteiger charge is -2.33. The second-order valence-corrected chi connectivity index (χ2v) is 5.38. The summed E-state index contributed by atoms with van der Waals surface area (Å²) in [6, 6.07) is 0. The Labute approximate surface area is 73.7 Å². The third-order valence-electron chi connectivity index (χ3n) is 3.91. The fourth-order valence-corrected chi connectivity index (χ4v) is 3.25. The standard InChI is InChI=1S/C10H17NO/c1-9(2)6-10(3)5-7(9)4-8(10)11-12/h7,12H,4-6H2,1-3H3/b11-8-/t7-,10-/m0/s1. The van der Waals surface area contributed by atoms with Gasteiger partial charge in [0.15, 0.2) is 0 Å². The predicted molar refractivity (Wildman–Crippen MR) is 48.5 cm³/mol. The zero-order chi connectivity index (χ0) is 8.98. The molecule has 2 bridgehead atoms. The Morgan fingerprint density at radius 1 is 1.42 bits per heavy atom. The summed E-state index contributed by atoms with van der Waals surface area (Å²) in [6.45, 7) is 6.89. The van der Waals surface area contributed by atoms with Gasteiger partial charge in [0.05, 0.1) is 5.71 Å². The molecular formula is C10H17NO. The highest BCUT2D eigenvalue weighted by Gasteiger charge is 2.55. The maximum Gasteiger partial charge on any atom is 0.0632 e. The van der Waals surface area contributed by atoms with E-state index in [0.29, 0.717) is 5.41 Å². The number of oxime groups is 1. The fourth-order valence-electron chi connectivity index (χ4n) is 3.25. The van der Waals surface area contributed by atoms with Crippen molar-refractivity contribution < 1.29 is 5.21 Å². The van der Waals surface area contributed by atoms with Crippen molar-refractivity contribution >= 4 is 5.71 Å². The Balaban J connectivity index is 2.33. The molecular weight excluding hydrogens is 150 g/mol. The van der Waals surface area contributed by atoms with Crippen molar-refractivity contribution in [1.82, 2.24) is 0 Å². The summed E-state index contributed by atoms with van der Waals surface area (Å²) in [5.41, 5.74) is 1.71. The minimum atomic E-state index is 0.211. The molecule has 0 radical (unpaired) electrons. The molecule has 0 aromatic rings. The summed E-state index contributed by atoms with van der Waals surface area (Å²) in [7, 11) is 0. The van der Waals surface area contributed by atoms with E-state index in [1.165, 1.54) is 12.8 Å². The number of hydrogen-bond donors (Lipinski definition) is 1. The molecule has 2 atom stereocenters. The molecule has 12 heavy (non-hydrogen) atoms. The van der Waals surface area contributed by atoms with Gasteiger partial charge in [-0.3, -0.25) is 0 Å². The van der Waals surface area contributed by atoms with E-state index in [0.717, 1.165) is 18.1 Å². The lowest BCUT2D eigenvalue weighted by molar-refractivity contribution is 0.237. The Morgan fingerprint density at radius 2 is 2.08 bits per heavy atom. The summed E-state index contributed by atoms with van der Waals surface area (Å²) in [4.78, 5) is 0. The van der Waals surface area contributed by atoms with Crippen LogP contribution in [0, 0.1) is 16.7 Å². The molecule has 1 N–H and O–H groups in total. The van der Waals surface area contributed by atoms with Gasteiger partial charge in [0.1, 0.15) is 0 Å². The number of fused-ring (bicyclic) bond motifs is 2. The van der Waals surface area contributed by atoms with Crippen molar-refractivity contribution in [1.29, 1.82) is 0 Å². The molecule has 2 saturated carbocycles. The normalized spacial score (nSPS) is 47.2. The molecule has 2 aliphatic carbocycles. The van der Waals surface area contributed by atoms with Gasteiger partial charge in [-0.2, -0.15) is 0 Å². The van der Waals surface area contributed by atoms with E-state index in [1.54, 1.807) is 0 Å². The van der Waals surface area contributed by atoms with Crippen molar-refractivity contribution in [2.24, 2.45) is 21.9 Å². The van der Waals surface area contributed by atoms with Crippen molar-refractivity contribution in [3.8, 4) is 0 Å². The molecule has 0 heterocycles. The lowest BCUT2D eigenvalue weighted by atomic mass is 9.72. The van der Waals surface area contributed by atoms with Crippen LogP contribution in [0.4, 0.5) is 0 Å². The van der Waals surface area contributed by atoms with Crippen molar-refractivity contribution in [3.05, 3.63) is 0 Å². The van der Waals surface area contributed by atoms with Gasteiger partial charge in [-0.05, 0) is 30.6 Å². The van der Waals surface area contributed by atoms with Crippen LogP contribution >= 0.6 is 0 Å². The highest BCUT2D eigenvalue weighted by atomic mass is 16.4. The van der Waals surface area contributed by atoms with E-state index < -0.39 is 0 Å². The largest absolute Gasteiger partial charge is 0.411 e. The molecule has 0 aromatic heterocycles. The van der Waals surface area contributed by atoms with Crippen LogP contribution in [0.1, 0.15) is 40.0 Å². The number of rotatable bonds is 0. The average Bonchev–Trinajstić information content (AvgIpc) is 2.34. The molecule has 0 aliphatic heterocycles. The van der Waals surface area contributed by atoms with E-state index >= 15 is 0 Å². The topological polar surface area (TPSA) is 32.6 Å². The van der Waals surface area contributed by atoms with Gasteiger partial charge in [-0.15, -0.1) is 0 Å². The predicted octanol–water partition coefficient (Wildman–Crippen LogP) is 2.66. The van der Waals surface area contributed by atoms with Crippen molar-refractivity contribution in [3.63, 3.8) is 0 Å². The zero-order valence-corrected chi connectivity index (χ0v) is 8.09. The summed E-state index contributed by atoms with van der Waals surface area (Å²) in [5, 5.41) is 12.2. The maximum atomic E-state index is 8.81. The molecule has 0 saturated heterocycles. The summed E-state index contributed by atoms with van der Waals surface area (Å²) >= 11 is 0. The Kier molecular flexibility index (Phi) is 1.37. The SMILES string of the molecule is CC1(C)C[C@]2(C)C[C@@H]1C/C2=N/O. The van der Waals surface area contributed by atoms with Gasteiger partial charge < -0.3 is 5.21 Å². The Bertz CT molecular complexity index is 244. The van der Waals surface area contributed by atoms with Crippen LogP contribution in [-0.4, -0.2) is 10.9 Å². The van der Waals surface area contributed by atoms with E-state index in [1.807, 2.05) is 0 Å². The van der Waals surface area contributed by atoms with Crippen LogP contribution in [0.25, 0.3) is 0 Å². The first kappa shape index (κ1) is 8.09. The monoisotopic (exact) mass is 167 g/mol. The second kappa shape index (κ2) is 2.04. The number of nitrogens with zero attached hydrogens (tertiary/aromatic N) is 1. The first-order valence-electron chi connectivity index (χ1n) is 4.69. The van der Waals surface area contributed by atoms with Gasteiger partial charge in [0.2, 0.25) is 0 Å². The third kappa shape index (κ3) is 0.838. The minimum Gasteiger partial charge on any atom is -0.411 e. The maximum absolute atomic E-state index is 8.81. The van der Waals surface area contributed by atoms with Gasteiger partial charge in [-0.1, -0.05) is 25.9 Å². The summed E-state index contributed by atoms with van der Waals surface area (Å²) < 4.78 is 0.